The molecule has 0 bridgehead atoms. The summed E-state index contributed by atoms with van der Waals surface area (Å²) in [6.07, 6.45) is 6.36. The molecule has 0 unspecified atom stereocenters. The standard InChI is InChI=1S/C18H27ClN2O/c1-22-14-18(9-4-10-18)13-20-15-7-11-21(12-8-15)17-6-3-2-5-16(17)19/h2-3,5-6,15,20H,4,7-14H2,1H3. The van der Waals surface area contributed by atoms with E-state index in [2.05, 4.69) is 22.3 Å². The highest BCUT2D eigenvalue weighted by molar-refractivity contribution is 6.33. The number of hydrogen-bond donors (Lipinski definition) is 1. The van der Waals surface area contributed by atoms with Crippen LogP contribution in [0.3, 0.4) is 0 Å². The largest absolute Gasteiger partial charge is 0.384 e. The number of benzene rings is 1. The van der Waals surface area contributed by atoms with E-state index in [1.54, 1.807) is 0 Å². The van der Waals surface area contributed by atoms with Crippen LogP contribution < -0.4 is 10.2 Å². The molecule has 3 nitrogen and oxygen atoms in total. The molecule has 0 spiro atoms. The summed E-state index contributed by atoms with van der Waals surface area (Å²) in [5.74, 6) is 0. The predicted octanol–water partition coefficient (Wildman–Crippen LogP) is 3.72. The number of rotatable bonds is 6. The molecule has 0 radical (unpaired) electrons. The molecule has 1 aromatic carbocycles. The minimum absolute atomic E-state index is 0.411. The van der Waals surface area contributed by atoms with Crippen molar-refractivity contribution < 1.29 is 4.74 Å². The van der Waals surface area contributed by atoms with Crippen LogP contribution in [0.25, 0.3) is 0 Å². The highest BCUT2D eigenvalue weighted by Gasteiger charge is 2.37. The number of hydrogen-bond acceptors (Lipinski definition) is 3. The summed E-state index contributed by atoms with van der Waals surface area (Å²) in [6, 6.07) is 8.79. The van der Waals surface area contributed by atoms with Gasteiger partial charge in [-0.05, 0) is 37.8 Å². The molecule has 1 aliphatic heterocycles. The SMILES string of the molecule is COCC1(CNC2CCN(c3ccccc3Cl)CC2)CCC1. The number of halogens is 1. The quantitative estimate of drug-likeness (QED) is 0.864. The van der Waals surface area contributed by atoms with Crippen molar-refractivity contribution in [3.8, 4) is 0 Å². The number of anilines is 1. The van der Waals surface area contributed by atoms with Crippen LogP contribution in [-0.2, 0) is 4.74 Å². The van der Waals surface area contributed by atoms with E-state index in [0.717, 1.165) is 31.3 Å². The smallest absolute Gasteiger partial charge is 0.0639 e. The van der Waals surface area contributed by atoms with Crippen molar-refractivity contribution >= 4 is 17.3 Å². The van der Waals surface area contributed by atoms with E-state index in [0.29, 0.717) is 11.5 Å². The van der Waals surface area contributed by atoms with Gasteiger partial charge in [0.25, 0.3) is 0 Å². The van der Waals surface area contributed by atoms with Gasteiger partial charge < -0.3 is 15.0 Å². The lowest BCUT2D eigenvalue weighted by Crippen LogP contribution is -2.49. The monoisotopic (exact) mass is 322 g/mol. The van der Waals surface area contributed by atoms with E-state index in [4.69, 9.17) is 16.3 Å². The Morgan fingerprint density at radius 1 is 1.27 bits per heavy atom. The Kier molecular flexibility index (Phi) is 5.27. The van der Waals surface area contributed by atoms with Gasteiger partial charge in [-0.25, -0.2) is 0 Å². The Balaban J connectivity index is 1.47. The molecule has 1 aromatic rings. The van der Waals surface area contributed by atoms with E-state index in [-0.39, 0.29) is 0 Å². The molecule has 1 saturated carbocycles. The lowest BCUT2D eigenvalue weighted by molar-refractivity contribution is 0.0153. The molecule has 1 heterocycles. The molecule has 3 rings (SSSR count). The second kappa shape index (κ2) is 7.20. The molecule has 0 aromatic heterocycles. The Morgan fingerprint density at radius 2 is 2.00 bits per heavy atom. The first-order valence-corrected chi connectivity index (χ1v) is 8.82. The lowest BCUT2D eigenvalue weighted by Gasteiger charge is -2.43. The Hall–Kier alpha value is -0.770. The van der Waals surface area contributed by atoms with E-state index < -0.39 is 0 Å². The molecular formula is C18H27ClN2O. The van der Waals surface area contributed by atoms with Crippen LogP contribution in [0.4, 0.5) is 5.69 Å². The maximum Gasteiger partial charge on any atom is 0.0639 e. The van der Waals surface area contributed by atoms with Crippen molar-refractivity contribution in [2.45, 2.75) is 38.1 Å². The summed E-state index contributed by atoms with van der Waals surface area (Å²) in [7, 11) is 1.82. The fourth-order valence-electron chi connectivity index (χ4n) is 3.75. The number of nitrogens with zero attached hydrogens (tertiary/aromatic N) is 1. The molecule has 4 heteroatoms. The molecule has 0 atom stereocenters. The molecule has 122 valence electrons. The first-order chi connectivity index (χ1) is 10.7. The van der Waals surface area contributed by atoms with Gasteiger partial charge in [-0.2, -0.15) is 0 Å². The van der Waals surface area contributed by atoms with Gasteiger partial charge in [0, 0.05) is 38.2 Å². The maximum atomic E-state index is 6.30. The van der Waals surface area contributed by atoms with Gasteiger partial charge in [-0.1, -0.05) is 30.2 Å². The first-order valence-electron chi connectivity index (χ1n) is 8.44. The summed E-state index contributed by atoms with van der Waals surface area (Å²) >= 11 is 6.30. The second-order valence-electron chi connectivity index (χ2n) is 6.88. The van der Waals surface area contributed by atoms with E-state index in [1.807, 2.05) is 19.2 Å². The maximum absolute atomic E-state index is 6.30. The number of ether oxygens (including phenoxy) is 1. The summed E-state index contributed by atoms with van der Waals surface area (Å²) in [5.41, 5.74) is 1.59. The lowest BCUT2D eigenvalue weighted by atomic mass is 9.69. The van der Waals surface area contributed by atoms with Crippen LogP contribution in [-0.4, -0.2) is 39.4 Å². The minimum atomic E-state index is 0.411. The first kappa shape index (κ1) is 16.1. The van der Waals surface area contributed by atoms with Crippen LogP contribution >= 0.6 is 11.6 Å². The van der Waals surface area contributed by atoms with Crippen molar-refractivity contribution in [2.75, 3.05) is 38.3 Å². The van der Waals surface area contributed by atoms with E-state index in [1.165, 1.54) is 37.8 Å². The summed E-state index contributed by atoms with van der Waals surface area (Å²) in [4.78, 5) is 2.41. The molecule has 2 fully saturated rings. The highest BCUT2D eigenvalue weighted by Crippen LogP contribution is 2.40. The van der Waals surface area contributed by atoms with Gasteiger partial charge in [-0.15, -0.1) is 0 Å². The van der Waals surface area contributed by atoms with Crippen molar-refractivity contribution in [1.29, 1.82) is 0 Å². The minimum Gasteiger partial charge on any atom is -0.384 e. The van der Waals surface area contributed by atoms with Crippen LogP contribution in [0.15, 0.2) is 24.3 Å². The van der Waals surface area contributed by atoms with Gasteiger partial charge in [0.1, 0.15) is 0 Å². The number of methoxy groups -OCH3 is 1. The Bertz CT molecular complexity index is 482. The van der Waals surface area contributed by atoms with Crippen molar-refractivity contribution in [3.63, 3.8) is 0 Å². The molecule has 2 aliphatic rings. The van der Waals surface area contributed by atoms with Crippen LogP contribution in [0.1, 0.15) is 32.1 Å². The van der Waals surface area contributed by atoms with Gasteiger partial charge in [0.2, 0.25) is 0 Å². The third-order valence-electron chi connectivity index (χ3n) is 5.32. The third-order valence-corrected chi connectivity index (χ3v) is 5.64. The van der Waals surface area contributed by atoms with Crippen LogP contribution in [0.2, 0.25) is 5.02 Å². The van der Waals surface area contributed by atoms with Crippen molar-refractivity contribution in [1.82, 2.24) is 5.32 Å². The zero-order valence-corrected chi connectivity index (χ0v) is 14.2. The molecule has 1 aliphatic carbocycles. The zero-order chi connectivity index (χ0) is 15.4. The Morgan fingerprint density at radius 3 is 2.59 bits per heavy atom. The fourth-order valence-corrected chi connectivity index (χ4v) is 4.00. The van der Waals surface area contributed by atoms with E-state index >= 15 is 0 Å². The van der Waals surface area contributed by atoms with Gasteiger partial charge in [0.15, 0.2) is 0 Å². The average Bonchev–Trinajstić information content (AvgIpc) is 2.51. The summed E-state index contributed by atoms with van der Waals surface area (Å²) in [6.45, 7) is 4.17. The van der Waals surface area contributed by atoms with E-state index in [9.17, 15) is 0 Å². The third kappa shape index (κ3) is 3.58. The number of nitrogens with one attached hydrogen (secondary N) is 1. The van der Waals surface area contributed by atoms with Crippen molar-refractivity contribution in [2.24, 2.45) is 5.41 Å². The molecular weight excluding hydrogens is 296 g/mol. The van der Waals surface area contributed by atoms with Crippen LogP contribution in [0, 0.1) is 5.41 Å². The molecule has 1 N–H and O–H groups in total. The summed E-state index contributed by atoms with van der Waals surface area (Å²) in [5, 5.41) is 4.66. The van der Waals surface area contributed by atoms with Crippen LogP contribution in [0.5, 0.6) is 0 Å². The molecule has 0 amide bonds. The van der Waals surface area contributed by atoms with Gasteiger partial charge in [0.05, 0.1) is 17.3 Å². The van der Waals surface area contributed by atoms with Gasteiger partial charge >= 0.3 is 0 Å². The number of piperidine rings is 1. The molecule has 22 heavy (non-hydrogen) atoms. The fraction of sp³-hybridized carbons (Fsp3) is 0.667. The van der Waals surface area contributed by atoms with Gasteiger partial charge in [-0.3, -0.25) is 0 Å². The molecule has 1 saturated heterocycles. The highest BCUT2D eigenvalue weighted by atomic mass is 35.5. The topological polar surface area (TPSA) is 24.5 Å². The second-order valence-corrected chi connectivity index (χ2v) is 7.29. The normalized spacial score (nSPS) is 21.6. The average molecular weight is 323 g/mol. The Labute approximate surface area is 139 Å². The summed E-state index contributed by atoms with van der Waals surface area (Å²) < 4.78 is 5.41. The predicted molar refractivity (Wildman–Crippen MR) is 92.8 cm³/mol. The number of para-hydroxylation sites is 1. The van der Waals surface area contributed by atoms with Crippen molar-refractivity contribution in [3.05, 3.63) is 29.3 Å². The zero-order valence-electron chi connectivity index (χ0n) is 13.5.